The maximum Gasteiger partial charge on any atom is 0.344 e. The van der Waals surface area contributed by atoms with Crippen LogP contribution in [0.2, 0.25) is 0 Å². The molecule has 1 heterocycles. The van der Waals surface area contributed by atoms with E-state index in [1.54, 1.807) is 28.8 Å². The number of amides is 1. The summed E-state index contributed by atoms with van der Waals surface area (Å²) >= 11 is 1.22. The molecule has 1 amide bonds. The molecular formula is C14H13N5O2S. The third kappa shape index (κ3) is 3.20. The Morgan fingerprint density at radius 2 is 2.36 bits per heavy atom. The number of carbonyl (C=O) groups excluding carboxylic acids is 1. The Morgan fingerprint density at radius 3 is 3.09 bits per heavy atom. The fourth-order valence-corrected chi connectivity index (χ4v) is 2.85. The summed E-state index contributed by atoms with van der Waals surface area (Å²) in [4.78, 5) is 23.6. The molecule has 0 spiro atoms. The summed E-state index contributed by atoms with van der Waals surface area (Å²) in [5.41, 5.74) is 0.832. The summed E-state index contributed by atoms with van der Waals surface area (Å²) in [5.74, 6) is -0.0637. The lowest BCUT2D eigenvalue weighted by Crippen LogP contribution is -2.17. The van der Waals surface area contributed by atoms with Crippen LogP contribution in [0.4, 0.5) is 5.69 Å². The minimum Gasteiger partial charge on any atom is -0.325 e. The number of aromatic nitrogens is 3. The number of carbonyl (C=O) groups is 1. The highest BCUT2D eigenvalue weighted by molar-refractivity contribution is 7.99. The summed E-state index contributed by atoms with van der Waals surface area (Å²) in [6.07, 6.45) is 1.94. The van der Waals surface area contributed by atoms with Crippen LogP contribution in [0.1, 0.15) is 24.4 Å². The molecule has 0 bridgehead atoms. The highest BCUT2D eigenvalue weighted by Gasteiger charge is 2.28. The van der Waals surface area contributed by atoms with E-state index in [1.807, 2.05) is 6.07 Å². The van der Waals surface area contributed by atoms with Crippen molar-refractivity contribution in [3.63, 3.8) is 0 Å². The summed E-state index contributed by atoms with van der Waals surface area (Å²) in [7, 11) is 0. The Hall–Kier alpha value is -2.53. The highest BCUT2D eigenvalue weighted by Crippen LogP contribution is 2.35. The van der Waals surface area contributed by atoms with Crippen LogP contribution in [-0.4, -0.2) is 26.4 Å². The van der Waals surface area contributed by atoms with Gasteiger partial charge >= 0.3 is 5.69 Å². The van der Waals surface area contributed by atoms with Crippen molar-refractivity contribution >= 4 is 23.4 Å². The summed E-state index contributed by atoms with van der Waals surface area (Å²) in [6, 6.07) is 8.94. The average Bonchev–Trinajstić information content (AvgIpc) is 3.28. The van der Waals surface area contributed by atoms with E-state index in [0.29, 0.717) is 16.4 Å². The summed E-state index contributed by atoms with van der Waals surface area (Å²) in [6.45, 7) is 0. The molecule has 2 aromatic rings. The number of H-pyrrole nitrogens is 1. The standard InChI is InChI=1S/C14H13N5O2S/c15-7-9-2-1-3-10(6-9)16-12(20)8-22-14-18-17-13(21)19(14)11-4-5-11/h1-3,6,11H,4-5,8H2,(H,16,20)(H,17,21). The maximum absolute atomic E-state index is 11.9. The Kier molecular flexibility index (Phi) is 3.98. The van der Waals surface area contributed by atoms with Gasteiger partial charge in [-0.25, -0.2) is 9.89 Å². The molecule has 1 saturated carbocycles. The van der Waals surface area contributed by atoms with E-state index < -0.39 is 0 Å². The molecule has 2 N–H and O–H groups in total. The van der Waals surface area contributed by atoms with Gasteiger partial charge in [0.05, 0.1) is 17.4 Å². The predicted octanol–water partition coefficient (Wildman–Crippen LogP) is 1.51. The molecule has 0 radical (unpaired) electrons. The van der Waals surface area contributed by atoms with Crippen LogP contribution < -0.4 is 11.0 Å². The number of rotatable bonds is 5. The van der Waals surface area contributed by atoms with Crippen molar-refractivity contribution in [2.75, 3.05) is 11.1 Å². The number of aromatic amines is 1. The topological polar surface area (TPSA) is 104 Å². The Balaban J connectivity index is 1.61. The van der Waals surface area contributed by atoms with E-state index in [2.05, 4.69) is 15.5 Å². The zero-order valence-corrected chi connectivity index (χ0v) is 12.4. The molecule has 22 heavy (non-hydrogen) atoms. The normalized spacial score (nSPS) is 13.6. The SMILES string of the molecule is N#Cc1cccc(NC(=O)CSc2n[nH]c(=O)n2C2CC2)c1. The lowest BCUT2D eigenvalue weighted by atomic mass is 10.2. The van der Waals surface area contributed by atoms with Gasteiger partial charge in [0.25, 0.3) is 0 Å². The number of anilines is 1. The number of nitriles is 1. The number of hydrogen-bond donors (Lipinski definition) is 2. The van der Waals surface area contributed by atoms with E-state index in [4.69, 9.17) is 5.26 Å². The second-order valence-corrected chi connectivity index (χ2v) is 5.88. The van der Waals surface area contributed by atoms with E-state index in [9.17, 15) is 9.59 Å². The van der Waals surface area contributed by atoms with Gasteiger partial charge in [-0.3, -0.25) is 9.36 Å². The fraction of sp³-hybridized carbons (Fsp3) is 0.286. The first kappa shape index (κ1) is 14.4. The molecule has 0 unspecified atom stereocenters. The first-order chi connectivity index (χ1) is 10.7. The largest absolute Gasteiger partial charge is 0.344 e. The molecule has 1 aliphatic carbocycles. The van der Waals surface area contributed by atoms with E-state index in [0.717, 1.165) is 12.8 Å². The van der Waals surface area contributed by atoms with Gasteiger partial charge in [0.1, 0.15) is 0 Å². The van der Waals surface area contributed by atoms with Crippen molar-refractivity contribution in [1.82, 2.24) is 14.8 Å². The second kappa shape index (κ2) is 6.07. The first-order valence-electron chi connectivity index (χ1n) is 6.77. The van der Waals surface area contributed by atoms with Gasteiger partial charge < -0.3 is 5.32 Å². The zero-order chi connectivity index (χ0) is 15.5. The third-order valence-corrected chi connectivity index (χ3v) is 4.14. The molecule has 3 rings (SSSR count). The molecular weight excluding hydrogens is 302 g/mol. The Labute approximate surface area is 130 Å². The molecule has 0 saturated heterocycles. The van der Waals surface area contributed by atoms with Crippen LogP contribution >= 0.6 is 11.8 Å². The number of thioether (sulfide) groups is 1. The number of benzene rings is 1. The van der Waals surface area contributed by atoms with Gasteiger partial charge in [0.15, 0.2) is 5.16 Å². The van der Waals surface area contributed by atoms with Gasteiger partial charge in [0.2, 0.25) is 5.91 Å². The molecule has 1 fully saturated rings. The van der Waals surface area contributed by atoms with Crippen molar-refractivity contribution in [1.29, 1.82) is 5.26 Å². The van der Waals surface area contributed by atoms with Crippen molar-refractivity contribution < 1.29 is 4.79 Å². The Morgan fingerprint density at radius 1 is 1.55 bits per heavy atom. The predicted molar refractivity (Wildman–Crippen MR) is 81.6 cm³/mol. The first-order valence-corrected chi connectivity index (χ1v) is 7.75. The van der Waals surface area contributed by atoms with Gasteiger partial charge in [-0.05, 0) is 31.0 Å². The molecule has 0 atom stereocenters. The van der Waals surface area contributed by atoms with Crippen LogP contribution in [-0.2, 0) is 4.79 Å². The Bertz CT molecular complexity index is 800. The molecule has 7 nitrogen and oxygen atoms in total. The van der Waals surface area contributed by atoms with Crippen molar-refractivity contribution in [3.8, 4) is 6.07 Å². The molecule has 1 aliphatic rings. The highest BCUT2D eigenvalue weighted by atomic mass is 32.2. The number of nitrogens with one attached hydrogen (secondary N) is 2. The maximum atomic E-state index is 11.9. The molecule has 1 aromatic heterocycles. The van der Waals surface area contributed by atoms with Gasteiger partial charge in [0, 0.05) is 11.7 Å². The van der Waals surface area contributed by atoms with Crippen molar-refractivity contribution in [2.24, 2.45) is 0 Å². The van der Waals surface area contributed by atoms with E-state index in [1.165, 1.54) is 11.8 Å². The monoisotopic (exact) mass is 315 g/mol. The summed E-state index contributed by atoms with van der Waals surface area (Å²) < 4.78 is 1.61. The average molecular weight is 315 g/mol. The minimum absolute atomic E-state index is 0.147. The van der Waals surface area contributed by atoms with Gasteiger partial charge in [-0.2, -0.15) is 5.26 Å². The molecule has 0 aliphatic heterocycles. The van der Waals surface area contributed by atoms with Crippen LogP contribution in [0, 0.1) is 11.3 Å². The second-order valence-electron chi connectivity index (χ2n) is 4.94. The van der Waals surface area contributed by atoms with Gasteiger partial charge in [-0.15, -0.1) is 5.10 Å². The number of hydrogen-bond acceptors (Lipinski definition) is 5. The molecule has 1 aromatic carbocycles. The molecule has 112 valence electrons. The quantitative estimate of drug-likeness (QED) is 0.814. The van der Waals surface area contributed by atoms with Crippen LogP contribution in [0.15, 0.2) is 34.2 Å². The van der Waals surface area contributed by atoms with E-state index in [-0.39, 0.29) is 23.4 Å². The number of nitrogens with zero attached hydrogens (tertiary/aromatic N) is 3. The smallest absolute Gasteiger partial charge is 0.325 e. The van der Waals surface area contributed by atoms with Crippen LogP contribution in [0.3, 0.4) is 0 Å². The summed E-state index contributed by atoms with van der Waals surface area (Å²) in [5, 5.41) is 18.4. The van der Waals surface area contributed by atoms with Crippen molar-refractivity contribution in [2.45, 2.75) is 24.0 Å². The zero-order valence-electron chi connectivity index (χ0n) is 11.6. The third-order valence-electron chi connectivity index (χ3n) is 3.19. The van der Waals surface area contributed by atoms with Crippen molar-refractivity contribution in [3.05, 3.63) is 40.3 Å². The van der Waals surface area contributed by atoms with E-state index >= 15 is 0 Å². The fourth-order valence-electron chi connectivity index (χ4n) is 2.04. The molecule has 8 heteroatoms. The minimum atomic E-state index is -0.230. The lowest BCUT2D eigenvalue weighted by Gasteiger charge is -2.06. The van der Waals surface area contributed by atoms with Crippen LogP contribution in [0.5, 0.6) is 0 Å². The van der Waals surface area contributed by atoms with Crippen LogP contribution in [0.25, 0.3) is 0 Å². The van der Waals surface area contributed by atoms with Gasteiger partial charge in [-0.1, -0.05) is 17.8 Å². The lowest BCUT2D eigenvalue weighted by molar-refractivity contribution is -0.113.